The van der Waals surface area contributed by atoms with Crippen molar-refractivity contribution >= 4 is 34.4 Å². The lowest BCUT2D eigenvalue weighted by atomic mass is 10.2. The van der Waals surface area contributed by atoms with Crippen LogP contribution in [0.1, 0.15) is 23.8 Å². The third kappa shape index (κ3) is 3.16. The first-order valence-corrected chi connectivity index (χ1v) is 6.79. The number of carbonyl (C=O) groups excluding carboxylic acids is 1. The Balaban J connectivity index is 2.33. The molecule has 0 radical (unpaired) electrons. The Morgan fingerprint density at radius 3 is 2.76 bits per heavy atom. The fourth-order valence-electron chi connectivity index (χ4n) is 2.07. The summed E-state index contributed by atoms with van der Waals surface area (Å²) in [4.78, 5) is 27.2. The molecule has 0 fully saturated rings. The predicted molar refractivity (Wildman–Crippen MR) is 77.1 cm³/mol. The number of hydrogen-bond donors (Lipinski definition) is 2. The van der Waals surface area contributed by atoms with E-state index < -0.39 is 17.7 Å². The van der Waals surface area contributed by atoms with E-state index in [-0.39, 0.29) is 23.7 Å². The van der Waals surface area contributed by atoms with Crippen molar-refractivity contribution in [2.75, 3.05) is 13.1 Å². The van der Waals surface area contributed by atoms with Crippen molar-refractivity contribution in [1.29, 1.82) is 0 Å². The number of aromatic nitrogens is 1. The average Bonchev–Trinajstić information content (AvgIpc) is 2.76. The van der Waals surface area contributed by atoms with Crippen molar-refractivity contribution < 1.29 is 19.1 Å². The van der Waals surface area contributed by atoms with E-state index in [4.69, 9.17) is 16.7 Å². The van der Waals surface area contributed by atoms with Crippen LogP contribution in [-0.2, 0) is 4.79 Å². The van der Waals surface area contributed by atoms with Crippen molar-refractivity contribution in [2.45, 2.75) is 13.3 Å². The van der Waals surface area contributed by atoms with Gasteiger partial charge in [0.2, 0.25) is 0 Å². The van der Waals surface area contributed by atoms with E-state index >= 15 is 0 Å². The van der Waals surface area contributed by atoms with Crippen LogP contribution in [0.4, 0.5) is 4.39 Å². The van der Waals surface area contributed by atoms with Crippen LogP contribution < -0.4 is 0 Å². The molecule has 0 atom stereocenters. The maximum Gasteiger partial charge on any atom is 0.305 e. The molecule has 0 bridgehead atoms. The van der Waals surface area contributed by atoms with Gasteiger partial charge in [-0.25, -0.2) is 4.39 Å². The molecule has 1 aromatic carbocycles. The van der Waals surface area contributed by atoms with Gasteiger partial charge in [-0.05, 0) is 25.1 Å². The number of benzene rings is 1. The Kier molecular flexibility index (Phi) is 4.47. The lowest BCUT2D eigenvalue weighted by Gasteiger charge is -2.19. The molecule has 0 saturated heterocycles. The minimum absolute atomic E-state index is 0.0880. The molecule has 1 heterocycles. The van der Waals surface area contributed by atoms with E-state index in [0.29, 0.717) is 17.4 Å². The lowest BCUT2D eigenvalue weighted by molar-refractivity contribution is -0.137. The molecule has 112 valence electrons. The summed E-state index contributed by atoms with van der Waals surface area (Å²) in [5, 5.41) is 9.26. The predicted octanol–water partition coefficient (Wildman–Crippen LogP) is 2.90. The number of H-pyrrole nitrogens is 1. The van der Waals surface area contributed by atoms with Gasteiger partial charge in [0.25, 0.3) is 5.91 Å². The minimum Gasteiger partial charge on any atom is -0.481 e. The van der Waals surface area contributed by atoms with Crippen molar-refractivity contribution in [3.05, 3.63) is 34.7 Å². The SMILES string of the molecule is CCN(CCC(=O)O)C(=O)c1[nH]c2ccc(F)cc2c1Cl. The number of fused-ring (bicyclic) bond motifs is 1. The number of carboxylic acid groups (broad SMARTS) is 1. The summed E-state index contributed by atoms with van der Waals surface area (Å²) in [6, 6.07) is 4.02. The zero-order valence-corrected chi connectivity index (χ0v) is 12.1. The standard InChI is InChI=1S/C14H14ClFN2O3/c1-2-18(6-5-11(19)20)14(21)13-12(15)9-7-8(16)3-4-10(9)17-13/h3-4,7,17H,2,5-6H2,1H3,(H,19,20). The quantitative estimate of drug-likeness (QED) is 0.891. The van der Waals surface area contributed by atoms with Gasteiger partial charge in [-0.2, -0.15) is 0 Å². The minimum atomic E-state index is -0.980. The molecule has 0 aliphatic heterocycles. The van der Waals surface area contributed by atoms with Crippen LogP contribution in [0.3, 0.4) is 0 Å². The van der Waals surface area contributed by atoms with Gasteiger partial charge in [-0.15, -0.1) is 0 Å². The fraction of sp³-hybridized carbons (Fsp3) is 0.286. The summed E-state index contributed by atoms with van der Waals surface area (Å²) in [5.41, 5.74) is 0.698. The molecule has 7 heteroatoms. The Morgan fingerprint density at radius 1 is 1.43 bits per heavy atom. The van der Waals surface area contributed by atoms with E-state index in [2.05, 4.69) is 4.98 Å². The average molecular weight is 313 g/mol. The lowest BCUT2D eigenvalue weighted by Crippen LogP contribution is -2.33. The molecular weight excluding hydrogens is 299 g/mol. The van der Waals surface area contributed by atoms with Gasteiger partial charge in [-0.3, -0.25) is 9.59 Å². The second-order valence-electron chi connectivity index (χ2n) is 4.53. The summed E-state index contributed by atoms with van der Waals surface area (Å²) in [7, 11) is 0. The van der Waals surface area contributed by atoms with Crippen LogP contribution in [-0.4, -0.2) is 40.0 Å². The van der Waals surface area contributed by atoms with Crippen molar-refractivity contribution in [3.8, 4) is 0 Å². The summed E-state index contributed by atoms with van der Waals surface area (Å²) >= 11 is 6.13. The summed E-state index contributed by atoms with van der Waals surface area (Å²) in [6.45, 7) is 2.19. The van der Waals surface area contributed by atoms with Crippen LogP contribution in [0, 0.1) is 5.82 Å². The Labute approximate surface area is 125 Å². The van der Waals surface area contributed by atoms with E-state index in [0.717, 1.165) is 0 Å². The summed E-state index contributed by atoms with van der Waals surface area (Å²) < 4.78 is 13.2. The number of carbonyl (C=O) groups is 2. The third-order valence-corrected chi connectivity index (χ3v) is 3.57. The number of halogens is 2. The smallest absolute Gasteiger partial charge is 0.305 e. The highest BCUT2D eigenvalue weighted by Gasteiger charge is 2.21. The highest BCUT2D eigenvalue weighted by Crippen LogP contribution is 2.28. The molecule has 2 N–H and O–H groups in total. The van der Waals surface area contributed by atoms with Crippen molar-refractivity contribution in [3.63, 3.8) is 0 Å². The van der Waals surface area contributed by atoms with Crippen molar-refractivity contribution in [2.24, 2.45) is 0 Å². The fourth-order valence-corrected chi connectivity index (χ4v) is 2.36. The molecule has 2 aromatic rings. The number of aliphatic carboxylic acids is 1. The summed E-state index contributed by atoms with van der Waals surface area (Å²) in [5.74, 6) is -1.83. The van der Waals surface area contributed by atoms with Crippen LogP contribution in [0.25, 0.3) is 10.9 Å². The van der Waals surface area contributed by atoms with Gasteiger partial charge in [0.15, 0.2) is 0 Å². The molecule has 0 saturated carbocycles. The Morgan fingerprint density at radius 2 is 2.14 bits per heavy atom. The molecule has 21 heavy (non-hydrogen) atoms. The normalized spacial score (nSPS) is 10.8. The van der Waals surface area contributed by atoms with Crippen LogP contribution >= 0.6 is 11.6 Å². The molecule has 0 spiro atoms. The Bertz CT molecular complexity index is 699. The number of carboxylic acids is 1. The maximum atomic E-state index is 13.2. The van der Waals surface area contributed by atoms with E-state index in [1.165, 1.54) is 23.1 Å². The number of nitrogens with zero attached hydrogens (tertiary/aromatic N) is 1. The van der Waals surface area contributed by atoms with Crippen molar-refractivity contribution in [1.82, 2.24) is 9.88 Å². The number of nitrogens with one attached hydrogen (secondary N) is 1. The van der Waals surface area contributed by atoms with Gasteiger partial charge >= 0.3 is 5.97 Å². The number of amides is 1. The molecule has 5 nitrogen and oxygen atoms in total. The highest BCUT2D eigenvalue weighted by molar-refractivity contribution is 6.38. The molecule has 0 aliphatic carbocycles. The molecule has 2 rings (SSSR count). The topological polar surface area (TPSA) is 73.4 Å². The molecule has 0 aliphatic rings. The largest absolute Gasteiger partial charge is 0.481 e. The number of hydrogen-bond acceptors (Lipinski definition) is 2. The number of rotatable bonds is 5. The number of aromatic amines is 1. The second-order valence-corrected chi connectivity index (χ2v) is 4.91. The Hall–Kier alpha value is -2.08. The van der Waals surface area contributed by atoms with E-state index in [1.807, 2.05) is 0 Å². The zero-order valence-electron chi connectivity index (χ0n) is 11.3. The van der Waals surface area contributed by atoms with Gasteiger partial charge < -0.3 is 15.0 Å². The molecule has 0 unspecified atom stereocenters. The van der Waals surface area contributed by atoms with Gasteiger partial charge in [0.05, 0.1) is 11.4 Å². The van der Waals surface area contributed by atoms with Gasteiger partial charge in [-0.1, -0.05) is 11.6 Å². The zero-order chi connectivity index (χ0) is 15.6. The van der Waals surface area contributed by atoms with Gasteiger partial charge in [0.1, 0.15) is 11.5 Å². The molecular formula is C14H14ClFN2O3. The first kappa shape index (κ1) is 15.3. The van der Waals surface area contributed by atoms with E-state index in [1.54, 1.807) is 6.92 Å². The van der Waals surface area contributed by atoms with Crippen LogP contribution in [0.2, 0.25) is 5.02 Å². The first-order valence-electron chi connectivity index (χ1n) is 6.41. The molecule has 1 aromatic heterocycles. The van der Waals surface area contributed by atoms with Gasteiger partial charge in [0, 0.05) is 24.0 Å². The van der Waals surface area contributed by atoms with E-state index in [9.17, 15) is 14.0 Å². The second kappa shape index (κ2) is 6.13. The third-order valence-electron chi connectivity index (χ3n) is 3.18. The van der Waals surface area contributed by atoms with Crippen LogP contribution in [0.5, 0.6) is 0 Å². The summed E-state index contributed by atoms with van der Waals surface area (Å²) in [6.07, 6.45) is -0.147. The van der Waals surface area contributed by atoms with Crippen LogP contribution in [0.15, 0.2) is 18.2 Å². The first-order chi connectivity index (χ1) is 9.93. The maximum absolute atomic E-state index is 13.2. The monoisotopic (exact) mass is 312 g/mol. The highest BCUT2D eigenvalue weighted by atomic mass is 35.5. The molecule has 1 amide bonds.